The molecule has 0 saturated carbocycles. The molecule has 1 aliphatic rings. The molecular weight excluding hydrogens is 505 g/mol. The van der Waals surface area contributed by atoms with Gasteiger partial charge in [-0.25, -0.2) is 13.8 Å². The van der Waals surface area contributed by atoms with E-state index in [4.69, 9.17) is 0 Å². The summed E-state index contributed by atoms with van der Waals surface area (Å²) in [6, 6.07) is 9.80. The minimum atomic E-state index is -4.87. The zero-order valence-electron chi connectivity index (χ0n) is 20.8. The predicted octanol–water partition coefficient (Wildman–Crippen LogP) is 7.12. The van der Waals surface area contributed by atoms with Crippen LogP contribution < -0.4 is 10.6 Å². The lowest BCUT2D eigenvalue weighted by atomic mass is 9.87. The van der Waals surface area contributed by atoms with Gasteiger partial charge in [-0.15, -0.1) is 0 Å². The first-order valence-electron chi connectivity index (χ1n) is 12.5. The summed E-state index contributed by atoms with van der Waals surface area (Å²) in [4.78, 5) is 16.7. The molecule has 0 fully saturated rings. The summed E-state index contributed by atoms with van der Waals surface area (Å²) in [5.74, 6) is -2.10. The average Bonchev–Trinajstić information content (AvgIpc) is 3.24. The highest BCUT2D eigenvalue weighted by molar-refractivity contribution is 6.04. The fraction of sp³-hybridized carbons (Fsp3) is 0.357. The number of halogens is 5. The summed E-state index contributed by atoms with van der Waals surface area (Å²) >= 11 is 0. The first-order valence-corrected chi connectivity index (χ1v) is 12.5. The van der Waals surface area contributed by atoms with Crippen molar-refractivity contribution in [3.05, 3.63) is 77.0 Å². The Kier molecular flexibility index (Phi) is 8.01. The van der Waals surface area contributed by atoms with E-state index < -0.39 is 35.7 Å². The Morgan fingerprint density at radius 1 is 0.974 bits per heavy atom. The van der Waals surface area contributed by atoms with Gasteiger partial charge in [-0.3, -0.25) is 4.79 Å². The molecule has 1 aliphatic heterocycles. The fourth-order valence-electron chi connectivity index (χ4n) is 4.62. The lowest BCUT2D eigenvalue weighted by Gasteiger charge is -2.31. The van der Waals surface area contributed by atoms with Crippen molar-refractivity contribution in [1.82, 2.24) is 10.3 Å². The number of aliphatic hydroxyl groups is 1. The minimum absolute atomic E-state index is 0.0375. The second-order valence-electron chi connectivity index (χ2n) is 9.38. The van der Waals surface area contributed by atoms with Gasteiger partial charge in [-0.05, 0) is 48.7 Å². The van der Waals surface area contributed by atoms with E-state index >= 15 is 0 Å². The lowest BCUT2D eigenvalue weighted by molar-refractivity contribution is -0.269. The van der Waals surface area contributed by atoms with Gasteiger partial charge in [0.1, 0.15) is 11.6 Å². The molecule has 0 radical (unpaired) electrons. The largest absolute Gasteiger partial charge is 0.421 e. The molecule has 1 aromatic heterocycles. The summed E-state index contributed by atoms with van der Waals surface area (Å²) in [5.41, 5.74) is -2.72. The summed E-state index contributed by atoms with van der Waals surface area (Å²) < 4.78 is 70.5. The van der Waals surface area contributed by atoms with E-state index in [1.165, 1.54) is 36.4 Å². The Balaban J connectivity index is 1.63. The van der Waals surface area contributed by atoms with Crippen molar-refractivity contribution < 1.29 is 31.9 Å². The Labute approximate surface area is 217 Å². The molecule has 38 heavy (non-hydrogen) atoms. The lowest BCUT2D eigenvalue weighted by Crippen LogP contribution is -2.42. The normalized spacial score (nSPS) is 14.7. The molecule has 0 unspecified atom stereocenters. The number of amides is 1. The smallest absolute Gasteiger partial charge is 0.376 e. The Morgan fingerprint density at radius 3 is 2.26 bits per heavy atom. The van der Waals surface area contributed by atoms with Gasteiger partial charge >= 0.3 is 6.18 Å². The van der Waals surface area contributed by atoms with Crippen molar-refractivity contribution in [2.75, 3.05) is 5.32 Å². The van der Waals surface area contributed by atoms with Crippen molar-refractivity contribution in [2.45, 2.75) is 63.8 Å². The number of rotatable bonds is 10. The molecule has 4 rings (SSSR count). The van der Waals surface area contributed by atoms with E-state index in [1.807, 2.05) is 6.92 Å². The van der Waals surface area contributed by atoms with Crippen LogP contribution in [0.25, 0.3) is 11.3 Å². The number of nitrogens with zero attached hydrogens (tertiary/aromatic N) is 1. The molecule has 0 saturated heterocycles. The van der Waals surface area contributed by atoms with E-state index in [-0.39, 0.29) is 46.7 Å². The SMILES string of the molecule is CCCCCCC[C@@](O)(c1ccc(Nc2cc(-c3c(F)cccc3F)nc3c2C(=O)NC3)cc1)C(F)(F)F. The Bertz CT molecular complexity index is 1290. The Morgan fingerprint density at radius 2 is 1.63 bits per heavy atom. The third kappa shape index (κ3) is 5.50. The van der Waals surface area contributed by atoms with Crippen LogP contribution in [0.2, 0.25) is 0 Å². The zero-order valence-corrected chi connectivity index (χ0v) is 20.8. The standard InChI is InChI=1S/C28H28F5N3O2/c1-2-3-4-5-6-14-27(38,28(31,32)33)17-10-12-18(13-11-17)35-22-15-21(24-19(29)8-7-9-20(24)30)36-23-16-34-26(37)25(22)23/h7-13,15,38H,2-6,14,16H2,1H3,(H,34,37)(H,35,36)/t27-/m1/s1. The number of carbonyl (C=O) groups excluding carboxylic acids is 1. The maximum atomic E-state index is 14.4. The summed E-state index contributed by atoms with van der Waals surface area (Å²) in [6.07, 6.45) is -1.83. The van der Waals surface area contributed by atoms with Gasteiger partial charge in [0.25, 0.3) is 5.91 Å². The van der Waals surface area contributed by atoms with Crippen molar-refractivity contribution in [3.63, 3.8) is 0 Å². The molecule has 0 bridgehead atoms. The van der Waals surface area contributed by atoms with Crippen LogP contribution in [0.4, 0.5) is 33.3 Å². The molecule has 5 nitrogen and oxygen atoms in total. The van der Waals surface area contributed by atoms with E-state index in [9.17, 15) is 31.9 Å². The molecule has 3 N–H and O–H groups in total. The third-order valence-corrected chi connectivity index (χ3v) is 6.71. The summed E-state index contributed by atoms with van der Waals surface area (Å²) in [6.45, 7) is 2.07. The third-order valence-electron chi connectivity index (χ3n) is 6.71. The molecule has 0 aliphatic carbocycles. The molecular formula is C28H28F5N3O2. The number of aromatic nitrogens is 1. The molecule has 0 spiro atoms. The highest BCUT2D eigenvalue weighted by Crippen LogP contribution is 2.43. The van der Waals surface area contributed by atoms with Gasteiger partial charge in [0.2, 0.25) is 0 Å². The zero-order chi connectivity index (χ0) is 27.5. The maximum absolute atomic E-state index is 14.4. The molecule has 10 heteroatoms. The van der Waals surface area contributed by atoms with Crippen molar-refractivity contribution in [3.8, 4) is 11.3 Å². The molecule has 2 heterocycles. The molecule has 1 amide bonds. The van der Waals surface area contributed by atoms with E-state index in [2.05, 4.69) is 15.6 Å². The number of hydrogen-bond donors (Lipinski definition) is 3. The van der Waals surface area contributed by atoms with E-state index in [0.717, 1.165) is 31.4 Å². The van der Waals surface area contributed by atoms with Gasteiger partial charge in [-0.1, -0.05) is 50.8 Å². The number of anilines is 2. The average molecular weight is 534 g/mol. The van der Waals surface area contributed by atoms with E-state index in [0.29, 0.717) is 12.1 Å². The van der Waals surface area contributed by atoms with E-state index in [1.54, 1.807) is 0 Å². The number of unbranched alkanes of at least 4 members (excludes halogenated alkanes) is 4. The summed E-state index contributed by atoms with van der Waals surface area (Å²) in [7, 11) is 0. The molecule has 202 valence electrons. The number of hydrogen-bond acceptors (Lipinski definition) is 4. The molecule has 2 aromatic carbocycles. The summed E-state index contributed by atoms with van der Waals surface area (Å²) in [5, 5.41) is 16.2. The highest BCUT2D eigenvalue weighted by atomic mass is 19.4. The van der Waals surface area contributed by atoms with Crippen LogP contribution in [-0.2, 0) is 12.1 Å². The second-order valence-corrected chi connectivity index (χ2v) is 9.38. The Hall–Kier alpha value is -3.53. The van der Waals surface area contributed by atoms with Crippen LogP contribution in [0, 0.1) is 11.6 Å². The van der Waals surface area contributed by atoms with Gasteiger partial charge in [0.05, 0.1) is 34.7 Å². The number of alkyl halides is 3. The maximum Gasteiger partial charge on any atom is 0.421 e. The predicted molar refractivity (Wildman–Crippen MR) is 134 cm³/mol. The molecule has 1 atom stereocenters. The fourth-order valence-corrected chi connectivity index (χ4v) is 4.62. The van der Waals surface area contributed by atoms with Crippen molar-refractivity contribution in [2.24, 2.45) is 0 Å². The van der Waals surface area contributed by atoms with Gasteiger partial charge < -0.3 is 15.7 Å². The van der Waals surface area contributed by atoms with Gasteiger partial charge in [-0.2, -0.15) is 13.2 Å². The topological polar surface area (TPSA) is 74.2 Å². The van der Waals surface area contributed by atoms with Crippen molar-refractivity contribution in [1.29, 1.82) is 0 Å². The van der Waals surface area contributed by atoms with Gasteiger partial charge in [0.15, 0.2) is 5.60 Å². The number of pyridine rings is 1. The highest BCUT2D eigenvalue weighted by Gasteiger charge is 2.54. The van der Waals surface area contributed by atoms with Crippen LogP contribution >= 0.6 is 0 Å². The minimum Gasteiger partial charge on any atom is -0.376 e. The molecule has 3 aromatic rings. The van der Waals surface area contributed by atoms with Crippen LogP contribution in [0.1, 0.15) is 67.1 Å². The number of benzene rings is 2. The second kappa shape index (κ2) is 11.1. The van der Waals surface area contributed by atoms with Crippen LogP contribution in [-0.4, -0.2) is 22.2 Å². The van der Waals surface area contributed by atoms with Crippen LogP contribution in [0.5, 0.6) is 0 Å². The number of fused-ring (bicyclic) bond motifs is 1. The first kappa shape index (κ1) is 27.5. The number of carbonyl (C=O) groups is 1. The monoisotopic (exact) mass is 533 g/mol. The van der Waals surface area contributed by atoms with Crippen LogP contribution in [0.15, 0.2) is 48.5 Å². The van der Waals surface area contributed by atoms with Crippen LogP contribution in [0.3, 0.4) is 0 Å². The first-order chi connectivity index (χ1) is 18.0. The number of nitrogens with one attached hydrogen (secondary N) is 2. The quantitative estimate of drug-likeness (QED) is 0.192. The van der Waals surface area contributed by atoms with Crippen molar-refractivity contribution >= 4 is 17.3 Å². The van der Waals surface area contributed by atoms with Gasteiger partial charge in [0, 0.05) is 5.69 Å².